The van der Waals surface area contributed by atoms with Gasteiger partial charge in [0.1, 0.15) is 5.82 Å². The van der Waals surface area contributed by atoms with Crippen molar-refractivity contribution < 1.29 is 4.74 Å². The average molecular weight is 359 g/mol. The minimum atomic E-state index is 0.674. The summed E-state index contributed by atoms with van der Waals surface area (Å²) in [6.07, 6.45) is 2.02. The van der Waals surface area contributed by atoms with Crippen LogP contribution < -0.4 is 9.64 Å². The minimum absolute atomic E-state index is 0.674. The van der Waals surface area contributed by atoms with Crippen LogP contribution in [0.5, 0.6) is 5.88 Å². The molecule has 25 heavy (non-hydrogen) atoms. The maximum Gasteiger partial charge on any atom is 0.213 e. The molecule has 0 N–H and O–H groups in total. The molecule has 1 aliphatic heterocycles. The molecule has 0 atom stereocenters. The fraction of sp³-hybridized carbons (Fsp3) is 0.500. The molecule has 7 heteroatoms. The number of ether oxygens (including phenoxy) is 1. The number of aryl methyl sites for hydroxylation is 1. The lowest BCUT2D eigenvalue weighted by atomic mass is 10.2. The van der Waals surface area contributed by atoms with Gasteiger partial charge < -0.3 is 9.64 Å². The predicted octanol–water partition coefficient (Wildman–Crippen LogP) is 2.54. The normalized spacial score (nSPS) is 15.4. The van der Waals surface area contributed by atoms with E-state index in [4.69, 9.17) is 9.72 Å². The Morgan fingerprint density at radius 1 is 1.08 bits per heavy atom. The van der Waals surface area contributed by atoms with Crippen molar-refractivity contribution in [1.82, 2.24) is 19.9 Å². The highest BCUT2D eigenvalue weighted by Gasteiger charge is 2.21. The minimum Gasteiger partial charge on any atom is -0.481 e. The molecule has 134 valence electrons. The van der Waals surface area contributed by atoms with Crippen LogP contribution in [0.25, 0.3) is 0 Å². The molecule has 3 heterocycles. The van der Waals surface area contributed by atoms with Crippen molar-refractivity contribution in [1.29, 1.82) is 0 Å². The maximum absolute atomic E-state index is 5.21. The molecular formula is C18H25N5OS. The zero-order valence-corrected chi connectivity index (χ0v) is 16.1. The first-order chi connectivity index (χ1) is 12.1. The summed E-state index contributed by atoms with van der Waals surface area (Å²) >= 11 is 1.60. The third-order valence-corrected chi connectivity index (χ3v) is 5.12. The van der Waals surface area contributed by atoms with Crippen molar-refractivity contribution in [2.45, 2.75) is 25.5 Å². The molecule has 1 aliphatic rings. The van der Waals surface area contributed by atoms with Gasteiger partial charge in [-0.2, -0.15) is 0 Å². The Bertz CT molecular complexity index is 731. The van der Waals surface area contributed by atoms with E-state index in [0.717, 1.165) is 55.1 Å². The molecule has 2 aromatic heterocycles. The zero-order chi connectivity index (χ0) is 17.8. The van der Waals surface area contributed by atoms with Crippen LogP contribution in [0.1, 0.15) is 17.0 Å². The van der Waals surface area contributed by atoms with E-state index in [1.165, 1.54) is 5.56 Å². The highest BCUT2D eigenvalue weighted by molar-refractivity contribution is 7.98. The molecule has 3 rings (SSSR count). The summed E-state index contributed by atoms with van der Waals surface area (Å²) in [5.74, 6) is 1.75. The van der Waals surface area contributed by atoms with Crippen LogP contribution in [0.4, 0.5) is 5.82 Å². The van der Waals surface area contributed by atoms with E-state index >= 15 is 0 Å². The van der Waals surface area contributed by atoms with Crippen LogP contribution in [-0.2, 0) is 6.54 Å². The standard InChI is InChI=1S/C18H25N5OS/c1-13-14(2)19-18(25-4)21-17(13)23-10-8-22(9-11-23)12-15-6-5-7-16(20-15)24-3/h5-7H,8-12H2,1-4H3. The molecule has 2 aromatic rings. The number of hydrogen-bond acceptors (Lipinski definition) is 7. The van der Waals surface area contributed by atoms with Gasteiger partial charge in [0.15, 0.2) is 5.16 Å². The number of thioether (sulfide) groups is 1. The van der Waals surface area contributed by atoms with Crippen molar-refractivity contribution in [2.75, 3.05) is 44.4 Å². The van der Waals surface area contributed by atoms with Gasteiger partial charge in [0.25, 0.3) is 0 Å². The number of anilines is 1. The van der Waals surface area contributed by atoms with Gasteiger partial charge in [-0.15, -0.1) is 0 Å². The number of nitrogens with zero attached hydrogens (tertiary/aromatic N) is 5. The molecule has 0 aromatic carbocycles. The Labute approximate surface area is 153 Å². The third kappa shape index (κ3) is 4.22. The Morgan fingerprint density at radius 2 is 1.84 bits per heavy atom. The number of rotatable bonds is 5. The van der Waals surface area contributed by atoms with Gasteiger partial charge in [0.05, 0.1) is 12.8 Å². The van der Waals surface area contributed by atoms with Crippen LogP contribution >= 0.6 is 11.8 Å². The second kappa shape index (κ2) is 8.01. The van der Waals surface area contributed by atoms with E-state index in [1.807, 2.05) is 18.4 Å². The van der Waals surface area contributed by atoms with Gasteiger partial charge in [0.2, 0.25) is 5.88 Å². The lowest BCUT2D eigenvalue weighted by molar-refractivity contribution is 0.245. The summed E-state index contributed by atoms with van der Waals surface area (Å²) in [6.45, 7) is 8.95. The Balaban J connectivity index is 1.65. The second-order valence-corrected chi connectivity index (χ2v) is 6.95. The van der Waals surface area contributed by atoms with Gasteiger partial charge >= 0.3 is 0 Å². The molecule has 0 aliphatic carbocycles. The molecular weight excluding hydrogens is 334 g/mol. The maximum atomic E-state index is 5.21. The molecule has 0 spiro atoms. The summed E-state index contributed by atoms with van der Waals surface area (Å²) in [6, 6.07) is 5.93. The quantitative estimate of drug-likeness (QED) is 0.601. The summed E-state index contributed by atoms with van der Waals surface area (Å²) in [7, 11) is 1.65. The summed E-state index contributed by atoms with van der Waals surface area (Å²) in [5, 5.41) is 0.848. The van der Waals surface area contributed by atoms with Gasteiger partial charge in [-0.25, -0.2) is 15.0 Å². The fourth-order valence-corrected chi connectivity index (χ4v) is 3.40. The summed E-state index contributed by atoms with van der Waals surface area (Å²) in [4.78, 5) is 18.6. The van der Waals surface area contributed by atoms with Crippen molar-refractivity contribution in [2.24, 2.45) is 0 Å². The van der Waals surface area contributed by atoms with E-state index in [1.54, 1.807) is 18.9 Å². The zero-order valence-electron chi connectivity index (χ0n) is 15.3. The number of aromatic nitrogens is 3. The SMILES string of the molecule is COc1cccc(CN2CCN(c3nc(SC)nc(C)c3C)CC2)n1. The van der Waals surface area contributed by atoms with E-state index in [9.17, 15) is 0 Å². The van der Waals surface area contributed by atoms with Crippen molar-refractivity contribution in [3.05, 3.63) is 35.2 Å². The van der Waals surface area contributed by atoms with Crippen LogP contribution in [0.15, 0.2) is 23.4 Å². The number of pyridine rings is 1. The van der Waals surface area contributed by atoms with Gasteiger partial charge in [-0.3, -0.25) is 4.90 Å². The Kier molecular flexibility index (Phi) is 5.75. The monoisotopic (exact) mass is 359 g/mol. The molecule has 1 saturated heterocycles. The molecule has 0 bridgehead atoms. The second-order valence-electron chi connectivity index (χ2n) is 6.18. The first kappa shape index (κ1) is 17.9. The summed E-state index contributed by atoms with van der Waals surface area (Å²) in [5.41, 5.74) is 3.30. The topological polar surface area (TPSA) is 54.4 Å². The largest absolute Gasteiger partial charge is 0.481 e. The van der Waals surface area contributed by atoms with Crippen LogP contribution in [-0.4, -0.2) is 59.4 Å². The number of piperazine rings is 1. The Hall–Kier alpha value is -1.86. The van der Waals surface area contributed by atoms with E-state index in [-0.39, 0.29) is 0 Å². The first-order valence-electron chi connectivity index (χ1n) is 8.47. The van der Waals surface area contributed by atoms with E-state index < -0.39 is 0 Å². The molecule has 1 fully saturated rings. The Morgan fingerprint density at radius 3 is 2.52 bits per heavy atom. The van der Waals surface area contributed by atoms with Gasteiger partial charge in [-0.05, 0) is 26.2 Å². The highest BCUT2D eigenvalue weighted by atomic mass is 32.2. The molecule has 0 unspecified atom stereocenters. The molecule has 0 saturated carbocycles. The van der Waals surface area contributed by atoms with Crippen LogP contribution in [0.2, 0.25) is 0 Å². The smallest absolute Gasteiger partial charge is 0.213 e. The van der Waals surface area contributed by atoms with Crippen LogP contribution in [0.3, 0.4) is 0 Å². The fourth-order valence-electron chi connectivity index (χ4n) is 2.99. The van der Waals surface area contributed by atoms with Crippen molar-refractivity contribution in [3.8, 4) is 5.88 Å². The molecule has 0 radical (unpaired) electrons. The van der Waals surface area contributed by atoms with E-state index in [0.29, 0.717) is 5.88 Å². The molecule has 6 nitrogen and oxygen atoms in total. The summed E-state index contributed by atoms with van der Waals surface area (Å²) < 4.78 is 5.21. The number of hydrogen-bond donors (Lipinski definition) is 0. The molecule has 0 amide bonds. The van der Waals surface area contributed by atoms with Gasteiger partial charge in [-0.1, -0.05) is 17.8 Å². The lowest BCUT2D eigenvalue weighted by Gasteiger charge is -2.36. The van der Waals surface area contributed by atoms with Crippen molar-refractivity contribution in [3.63, 3.8) is 0 Å². The van der Waals surface area contributed by atoms with Crippen LogP contribution in [0, 0.1) is 13.8 Å². The predicted molar refractivity (Wildman–Crippen MR) is 102 cm³/mol. The third-order valence-electron chi connectivity index (χ3n) is 4.57. The van der Waals surface area contributed by atoms with E-state index in [2.05, 4.69) is 39.7 Å². The first-order valence-corrected chi connectivity index (χ1v) is 9.69. The lowest BCUT2D eigenvalue weighted by Crippen LogP contribution is -2.46. The van der Waals surface area contributed by atoms with Gasteiger partial charge in [0, 0.05) is 50.0 Å². The average Bonchev–Trinajstić information content (AvgIpc) is 2.65. The van der Waals surface area contributed by atoms with Crippen molar-refractivity contribution >= 4 is 17.6 Å². The highest BCUT2D eigenvalue weighted by Crippen LogP contribution is 2.24. The number of methoxy groups -OCH3 is 1.